The second-order valence-electron chi connectivity index (χ2n) is 5.38. The van der Waals surface area contributed by atoms with Crippen LogP contribution in [0.2, 0.25) is 0 Å². The Balaban J connectivity index is 1.84. The third-order valence-electron chi connectivity index (χ3n) is 3.93. The van der Waals surface area contributed by atoms with E-state index in [0.29, 0.717) is 5.25 Å². The van der Waals surface area contributed by atoms with Gasteiger partial charge in [-0.3, -0.25) is 4.57 Å². The van der Waals surface area contributed by atoms with E-state index in [9.17, 15) is 0 Å². The summed E-state index contributed by atoms with van der Waals surface area (Å²) in [5, 5.41) is 0.698. The molecule has 4 rings (SSSR count). The molecule has 0 radical (unpaired) electrons. The van der Waals surface area contributed by atoms with Gasteiger partial charge in [-0.15, -0.1) is 0 Å². The Morgan fingerprint density at radius 1 is 1.14 bits per heavy atom. The van der Waals surface area contributed by atoms with E-state index in [1.807, 2.05) is 24.4 Å². The van der Waals surface area contributed by atoms with Gasteiger partial charge in [0.25, 0.3) is 0 Å². The Morgan fingerprint density at radius 2 is 2.05 bits per heavy atom. The second kappa shape index (κ2) is 5.53. The molecule has 3 heterocycles. The van der Waals surface area contributed by atoms with Crippen LogP contribution < -0.4 is 0 Å². The van der Waals surface area contributed by atoms with Crippen molar-refractivity contribution in [3.8, 4) is 5.69 Å². The number of fused-ring (bicyclic) bond motifs is 1. The zero-order valence-corrected chi connectivity index (χ0v) is 12.6. The summed E-state index contributed by atoms with van der Waals surface area (Å²) in [6.07, 6.45) is 5.50. The maximum absolute atomic E-state index is 4.84. The molecule has 3 aromatic rings. The van der Waals surface area contributed by atoms with E-state index in [2.05, 4.69) is 45.6 Å². The Labute approximate surface area is 128 Å². The molecule has 2 aromatic heterocycles. The molecular formula is C17H17N3S. The van der Waals surface area contributed by atoms with E-state index < -0.39 is 0 Å². The van der Waals surface area contributed by atoms with E-state index in [4.69, 9.17) is 4.98 Å². The highest BCUT2D eigenvalue weighted by atomic mass is 32.2. The van der Waals surface area contributed by atoms with Gasteiger partial charge in [0, 0.05) is 23.6 Å². The molecule has 21 heavy (non-hydrogen) atoms. The van der Waals surface area contributed by atoms with Gasteiger partial charge < -0.3 is 0 Å². The van der Waals surface area contributed by atoms with Crippen molar-refractivity contribution in [2.75, 3.05) is 5.75 Å². The first-order chi connectivity index (χ1) is 10.4. The quantitative estimate of drug-likeness (QED) is 0.735. The van der Waals surface area contributed by atoms with Crippen LogP contribution in [0.25, 0.3) is 16.9 Å². The van der Waals surface area contributed by atoms with Crippen LogP contribution in [-0.2, 0) is 6.42 Å². The highest BCUT2D eigenvalue weighted by Gasteiger charge is 2.21. The van der Waals surface area contributed by atoms with Crippen molar-refractivity contribution in [2.24, 2.45) is 0 Å². The lowest BCUT2D eigenvalue weighted by molar-refractivity contribution is 0.737. The van der Waals surface area contributed by atoms with Crippen LogP contribution in [0.3, 0.4) is 0 Å². The smallest absolute Gasteiger partial charge is 0.164 e. The molecule has 1 aliphatic heterocycles. The first-order valence-corrected chi connectivity index (χ1v) is 8.46. The number of aromatic nitrogens is 3. The normalized spacial score (nSPS) is 18.4. The number of imidazole rings is 1. The first kappa shape index (κ1) is 12.9. The van der Waals surface area contributed by atoms with Crippen LogP contribution in [0.1, 0.15) is 18.7 Å². The summed E-state index contributed by atoms with van der Waals surface area (Å²) in [6, 6.07) is 14.4. The average Bonchev–Trinajstić information content (AvgIpc) is 3.15. The third kappa shape index (κ3) is 2.44. The molecule has 0 saturated carbocycles. The highest BCUT2D eigenvalue weighted by Crippen LogP contribution is 2.30. The minimum absolute atomic E-state index is 0.698. The number of nitrogens with zero attached hydrogens (tertiary/aromatic N) is 3. The molecular weight excluding hydrogens is 278 g/mol. The van der Waals surface area contributed by atoms with Gasteiger partial charge in [0.2, 0.25) is 0 Å². The summed E-state index contributed by atoms with van der Waals surface area (Å²) in [7, 11) is 0. The summed E-state index contributed by atoms with van der Waals surface area (Å²) in [5.41, 5.74) is 3.10. The van der Waals surface area contributed by atoms with Crippen LogP contribution in [0, 0.1) is 0 Å². The number of hydrogen-bond donors (Lipinski definition) is 0. The second-order valence-corrected chi connectivity index (χ2v) is 6.79. The molecule has 1 aromatic carbocycles. The molecule has 0 aliphatic carbocycles. The fraction of sp³-hybridized carbons (Fsp3) is 0.294. The number of rotatable bonds is 3. The van der Waals surface area contributed by atoms with Gasteiger partial charge in [0.15, 0.2) is 5.65 Å². The Hall–Kier alpha value is -1.81. The number of pyridine rings is 1. The topological polar surface area (TPSA) is 30.7 Å². The molecule has 1 atom stereocenters. The molecule has 0 bridgehead atoms. The summed E-state index contributed by atoms with van der Waals surface area (Å²) < 4.78 is 2.22. The summed E-state index contributed by atoms with van der Waals surface area (Å²) in [4.78, 5) is 9.39. The number of para-hydroxylation sites is 1. The van der Waals surface area contributed by atoms with Gasteiger partial charge in [-0.1, -0.05) is 18.2 Å². The lowest BCUT2D eigenvalue weighted by Crippen LogP contribution is -2.09. The largest absolute Gasteiger partial charge is 0.281 e. The van der Waals surface area contributed by atoms with Gasteiger partial charge >= 0.3 is 0 Å². The number of hydrogen-bond acceptors (Lipinski definition) is 3. The van der Waals surface area contributed by atoms with Crippen molar-refractivity contribution in [2.45, 2.75) is 24.5 Å². The third-order valence-corrected chi connectivity index (χ3v) is 5.33. The first-order valence-electron chi connectivity index (χ1n) is 7.41. The van der Waals surface area contributed by atoms with Crippen LogP contribution in [0.5, 0.6) is 0 Å². The van der Waals surface area contributed by atoms with Crippen molar-refractivity contribution < 1.29 is 0 Å². The SMILES string of the molecule is c1ccc(-n2c(CC3CCCS3)nc3cccnc32)cc1. The van der Waals surface area contributed by atoms with Gasteiger partial charge in [0.1, 0.15) is 11.3 Å². The molecule has 1 aliphatic rings. The molecule has 1 unspecified atom stereocenters. The fourth-order valence-electron chi connectivity index (χ4n) is 2.95. The summed E-state index contributed by atoms with van der Waals surface area (Å²) in [6.45, 7) is 0. The van der Waals surface area contributed by atoms with E-state index >= 15 is 0 Å². The van der Waals surface area contributed by atoms with E-state index in [1.54, 1.807) is 0 Å². The molecule has 106 valence electrons. The van der Waals surface area contributed by atoms with Gasteiger partial charge in [-0.25, -0.2) is 9.97 Å². The molecule has 3 nitrogen and oxygen atoms in total. The number of benzene rings is 1. The zero-order valence-electron chi connectivity index (χ0n) is 11.8. The fourth-order valence-corrected chi connectivity index (χ4v) is 4.22. The predicted molar refractivity (Wildman–Crippen MR) is 88.0 cm³/mol. The maximum Gasteiger partial charge on any atom is 0.164 e. The molecule has 1 saturated heterocycles. The van der Waals surface area contributed by atoms with Gasteiger partial charge in [0.05, 0.1) is 0 Å². The Bertz CT molecular complexity index is 745. The Morgan fingerprint density at radius 3 is 2.86 bits per heavy atom. The molecule has 1 fully saturated rings. The van der Waals surface area contributed by atoms with Crippen LogP contribution in [0.15, 0.2) is 48.7 Å². The number of thioether (sulfide) groups is 1. The standard InChI is InChI=1S/C17H17N3S/c1-2-6-13(7-3-1)20-16(12-14-8-5-11-21-14)19-15-9-4-10-18-17(15)20/h1-4,6-7,9-10,14H,5,8,11-12H2. The minimum atomic E-state index is 0.698. The van der Waals surface area contributed by atoms with E-state index in [0.717, 1.165) is 29.1 Å². The van der Waals surface area contributed by atoms with Crippen molar-refractivity contribution in [1.29, 1.82) is 0 Å². The molecule has 0 spiro atoms. The summed E-state index contributed by atoms with van der Waals surface area (Å²) in [5.74, 6) is 2.42. The van der Waals surface area contributed by atoms with Gasteiger partial charge in [-0.2, -0.15) is 11.8 Å². The molecule has 0 amide bonds. The lowest BCUT2D eigenvalue weighted by atomic mass is 10.2. The van der Waals surface area contributed by atoms with E-state index in [-0.39, 0.29) is 0 Å². The van der Waals surface area contributed by atoms with Crippen LogP contribution in [0.4, 0.5) is 0 Å². The zero-order chi connectivity index (χ0) is 14.1. The van der Waals surface area contributed by atoms with Crippen molar-refractivity contribution in [3.05, 3.63) is 54.5 Å². The Kier molecular flexibility index (Phi) is 3.39. The molecule has 4 heteroatoms. The monoisotopic (exact) mass is 295 g/mol. The molecule has 0 N–H and O–H groups in total. The minimum Gasteiger partial charge on any atom is -0.281 e. The predicted octanol–water partition coefficient (Wildman–Crippen LogP) is 3.86. The van der Waals surface area contributed by atoms with Gasteiger partial charge in [-0.05, 0) is 42.9 Å². The van der Waals surface area contributed by atoms with Crippen molar-refractivity contribution in [1.82, 2.24) is 14.5 Å². The highest BCUT2D eigenvalue weighted by molar-refractivity contribution is 8.00. The van der Waals surface area contributed by atoms with E-state index in [1.165, 1.54) is 18.6 Å². The summed E-state index contributed by atoms with van der Waals surface area (Å²) >= 11 is 2.08. The lowest BCUT2D eigenvalue weighted by Gasteiger charge is -2.11. The van der Waals surface area contributed by atoms with Crippen LogP contribution >= 0.6 is 11.8 Å². The van der Waals surface area contributed by atoms with Crippen LogP contribution in [-0.4, -0.2) is 25.5 Å². The van der Waals surface area contributed by atoms with Crippen molar-refractivity contribution in [3.63, 3.8) is 0 Å². The maximum atomic E-state index is 4.84. The average molecular weight is 295 g/mol. The van der Waals surface area contributed by atoms with Crippen molar-refractivity contribution >= 4 is 22.9 Å².